The Morgan fingerprint density at radius 2 is 1.62 bits per heavy atom. The molecule has 2 bridgehead atoms. The van der Waals surface area contributed by atoms with E-state index in [4.69, 9.17) is 27.9 Å². The summed E-state index contributed by atoms with van der Waals surface area (Å²) in [7, 11) is 0. The summed E-state index contributed by atoms with van der Waals surface area (Å²) >= 11 is 12.6. The lowest BCUT2D eigenvalue weighted by atomic mass is 9.80. The van der Waals surface area contributed by atoms with Gasteiger partial charge in [-0.2, -0.15) is 0 Å². The molecule has 2 saturated carbocycles. The smallest absolute Gasteiger partial charge is 0.326 e. The molecule has 1 heterocycles. The molecule has 3 amide bonds. The van der Waals surface area contributed by atoms with E-state index in [2.05, 4.69) is 5.32 Å². The molecule has 0 spiro atoms. The minimum Gasteiger partial charge on any atom is -0.454 e. The van der Waals surface area contributed by atoms with Crippen LogP contribution in [0.2, 0.25) is 0 Å². The van der Waals surface area contributed by atoms with Crippen molar-refractivity contribution in [1.82, 2.24) is 4.90 Å². The second-order valence-corrected chi connectivity index (χ2v) is 8.49. The first kappa shape index (κ1) is 20.1. The van der Waals surface area contributed by atoms with E-state index < -0.39 is 54.5 Å². The SMILES string of the molecule is O=C(COC(=O)CN1C(=O)[C@@H]2[C@H]3C[C@@H]([C@H](Cl)[C@H]3Cl)[C@H]2C1=O)Nc1ccc(F)cc1. The van der Waals surface area contributed by atoms with Gasteiger partial charge in [-0.05, 0) is 42.5 Å². The molecule has 0 aromatic heterocycles. The number of nitrogens with zero attached hydrogens (tertiary/aromatic N) is 1. The number of amides is 3. The molecule has 1 saturated heterocycles. The molecular formula is C19H17Cl2FN2O5. The molecular weight excluding hydrogens is 426 g/mol. The molecule has 2 aliphatic carbocycles. The van der Waals surface area contributed by atoms with E-state index in [0.29, 0.717) is 12.1 Å². The Kier molecular flexibility index (Phi) is 5.25. The normalized spacial score (nSPS) is 32.4. The van der Waals surface area contributed by atoms with E-state index in [0.717, 1.165) is 4.90 Å². The summed E-state index contributed by atoms with van der Waals surface area (Å²) in [5, 5.41) is 1.69. The van der Waals surface area contributed by atoms with Crippen LogP contribution >= 0.6 is 23.2 Å². The average molecular weight is 443 g/mol. The van der Waals surface area contributed by atoms with E-state index >= 15 is 0 Å². The summed E-state index contributed by atoms with van der Waals surface area (Å²) in [6, 6.07) is 5.07. The quantitative estimate of drug-likeness (QED) is 0.426. The van der Waals surface area contributed by atoms with E-state index in [1.54, 1.807) is 0 Å². The molecule has 1 aromatic rings. The summed E-state index contributed by atoms with van der Waals surface area (Å²) in [5.41, 5.74) is 0.340. The minimum atomic E-state index is -0.877. The molecule has 1 N–H and O–H groups in total. The highest BCUT2D eigenvalue weighted by Gasteiger charge is 2.66. The van der Waals surface area contributed by atoms with E-state index in [1.165, 1.54) is 24.3 Å². The second-order valence-electron chi connectivity index (χ2n) is 7.48. The molecule has 1 aliphatic heterocycles. The van der Waals surface area contributed by atoms with E-state index in [-0.39, 0.29) is 22.6 Å². The van der Waals surface area contributed by atoms with Gasteiger partial charge in [0.15, 0.2) is 6.61 Å². The van der Waals surface area contributed by atoms with Gasteiger partial charge in [0.1, 0.15) is 12.4 Å². The number of hydrogen-bond acceptors (Lipinski definition) is 5. The van der Waals surface area contributed by atoms with E-state index in [9.17, 15) is 23.6 Å². The van der Waals surface area contributed by atoms with Gasteiger partial charge < -0.3 is 10.1 Å². The van der Waals surface area contributed by atoms with Crippen LogP contribution in [-0.4, -0.2) is 52.5 Å². The highest BCUT2D eigenvalue weighted by atomic mass is 35.5. The van der Waals surface area contributed by atoms with Gasteiger partial charge in [-0.3, -0.25) is 24.1 Å². The zero-order valence-electron chi connectivity index (χ0n) is 15.0. The number of halogens is 3. The number of benzene rings is 1. The molecule has 10 heteroatoms. The number of imide groups is 1. The largest absolute Gasteiger partial charge is 0.454 e. The number of nitrogens with one attached hydrogen (secondary N) is 1. The van der Waals surface area contributed by atoms with Crippen LogP contribution in [-0.2, 0) is 23.9 Å². The van der Waals surface area contributed by atoms with Gasteiger partial charge in [0.2, 0.25) is 11.8 Å². The maximum Gasteiger partial charge on any atom is 0.326 e. The fraction of sp³-hybridized carbons (Fsp3) is 0.474. The summed E-state index contributed by atoms with van der Waals surface area (Å²) in [6.07, 6.45) is 0.636. The predicted molar refractivity (Wildman–Crippen MR) is 101 cm³/mol. The third kappa shape index (κ3) is 3.48. The number of fused-ring (bicyclic) bond motifs is 5. The zero-order valence-corrected chi connectivity index (χ0v) is 16.5. The number of esters is 1. The first-order valence-electron chi connectivity index (χ1n) is 9.12. The Morgan fingerprint density at radius 1 is 1.07 bits per heavy atom. The summed E-state index contributed by atoms with van der Waals surface area (Å²) < 4.78 is 17.7. The van der Waals surface area contributed by atoms with Crippen LogP contribution in [0.4, 0.5) is 10.1 Å². The first-order chi connectivity index (χ1) is 13.8. The third-order valence-electron chi connectivity index (χ3n) is 5.86. The van der Waals surface area contributed by atoms with Gasteiger partial charge in [0.05, 0.1) is 22.6 Å². The van der Waals surface area contributed by atoms with Crippen LogP contribution in [0.1, 0.15) is 6.42 Å². The maximum atomic E-state index is 12.9. The first-order valence-corrected chi connectivity index (χ1v) is 9.99. The van der Waals surface area contributed by atoms with Crippen LogP contribution in [0.15, 0.2) is 24.3 Å². The van der Waals surface area contributed by atoms with Crippen molar-refractivity contribution in [2.45, 2.75) is 17.2 Å². The van der Waals surface area contributed by atoms with E-state index in [1.807, 2.05) is 0 Å². The van der Waals surface area contributed by atoms with Crippen molar-refractivity contribution in [1.29, 1.82) is 0 Å². The van der Waals surface area contributed by atoms with Gasteiger partial charge in [-0.25, -0.2) is 4.39 Å². The summed E-state index contributed by atoms with van der Waals surface area (Å²) in [6.45, 7) is -1.16. The molecule has 3 aliphatic rings. The van der Waals surface area contributed by atoms with Crippen LogP contribution in [0.5, 0.6) is 0 Å². The van der Waals surface area contributed by atoms with Crippen LogP contribution in [0, 0.1) is 29.5 Å². The molecule has 7 nitrogen and oxygen atoms in total. The number of ether oxygens (including phenoxy) is 1. The third-order valence-corrected chi connectivity index (χ3v) is 7.18. The number of anilines is 1. The van der Waals surface area contributed by atoms with Gasteiger partial charge in [-0.15, -0.1) is 23.2 Å². The Balaban J connectivity index is 1.31. The van der Waals surface area contributed by atoms with Crippen LogP contribution in [0.3, 0.4) is 0 Å². The van der Waals surface area contributed by atoms with Crippen LogP contribution < -0.4 is 5.32 Å². The second kappa shape index (κ2) is 7.57. The van der Waals surface area contributed by atoms with Crippen LogP contribution in [0.25, 0.3) is 0 Å². The number of rotatable bonds is 5. The lowest BCUT2D eigenvalue weighted by Crippen LogP contribution is -2.38. The minimum absolute atomic E-state index is 0.173. The fourth-order valence-corrected chi connectivity index (χ4v) is 5.51. The van der Waals surface area contributed by atoms with Crippen molar-refractivity contribution in [2.75, 3.05) is 18.5 Å². The molecule has 6 atom stereocenters. The summed E-state index contributed by atoms with van der Waals surface area (Å²) in [4.78, 5) is 50.1. The van der Waals surface area contributed by atoms with Gasteiger partial charge >= 0.3 is 5.97 Å². The average Bonchev–Trinajstić information content (AvgIpc) is 3.29. The van der Waals surface area contributed by atoms with Gasteiger partial charge in [-0.1, -0.05) is 0 Å². The van der Waals surface area contributed by atoms with Gasteiger partial charge in [0, 0.05) is 5.69 Å². The molecule has 3 fully saturated rings. The van der Waals surface area contributed by atoms with Crippen molar-refractivity contribution in [3.05, 3.63) is 30.1 Å². The predicted octanol–water partition coefficient (Wildman–Crippen LogP) is 1.77. The molecule has 4 rings (SSSR count). The zero-order chi connectivity index (χ0) is 20.9. The highest BCUT2D eigenvalue weighted by Crippen LogP contribution is 2.59. The maximum absolute atomic E-state index is 12.9. The topological polar surface area (TPSA) is 92.8 Å². The lowest BCUT2D eigenvalue weighted by Gasteiger charge is -2.28. The number of hydrogen-bond donors (Lipinski definition) is 1. The number of carbonyl (C=O) groups excluding carboxylic acids is 4. The lowest BCUT2D eigenvalue weighted by molar-refractivity contribution is -0.154. The standard InChI is InChI=1S/C19H17Cl2FN2O5/c20-16-10-5-11(17(16)21)15-14(10)18(27)24(19(15)28)6-13(26)29-7-12(25)23-9-3-1-8(22)2-4-9/h1-4,10-11,14-17H,5-7H2,(H,23,25)/t10-,11-,14-,15-,16+,17+/m1/s1. The number of alkyl halides is 2. The molecule has 29 heavy (non-hydrogen) atoms. The molecule has 1 aromatic carbocycles. The van der Waals surface area contributed by atoms with Crippen molar-refractivity contribution in [3.8, 4) is 0 Å². The molecule has 154 valence electrons. The summed E-state index contributed by atoms with van der Waals surface area (Å²) in [5.74, 6) is -4.26. The monoisotopic (exact) mass is 442 g/mol. The Bertz CT molecular complexity index is 848. The number of likely N-dealkylation sites (tertiary alicyclic amines) is 1. The Labute approximate surface area is 175 Å². The van der Waals surface area contributed by atoms with Gasteiger partial charge in [0.25, 0.3) is 5.91 Å². The Morgan fingerprint density at radius 3 is 2.17 bits per heavy atom. The van der Waals surface area contributed by atoms with Crippen molar-refractivity contribution in [2.24, 2.45) is 23.7 Å². The van der Waals surface area contributed by atoms with Crippen molar-refractivity contribution >= 4 is 52.6 Å². The molecule has 0 radical (unpaired) electrons. The number of carbonyl (C=O) groups is 4. The van der Waals surface area contributed by atoms with Crippen molar-refractivity contribution in [3.63, 3.8) is 0 Å². The van der Waals surface area contributed by atoms with Crippen molar-refractivity contribution < 1.29 is 28.3 Å². The molecule has 0 unspecified atom stereocenters. The Hall–Kier alpha value is -2.19. The fourth-order valence-electron chi connectivity index (χ4n) is 4.62. The highest BCUT2D eigenvalue weighted by molar-refractivity contribution is 6.31.